The molecule has 0 bridgehead atoms. The molecular weight excluding hydrogens is 709 g/mol. The smallest absolute Gasteiger partial charge is 0.0249 e. The number of aryl methyl sites for hydroxylation is 6. The minimum absolute atomic E-state index is 1.06. The average molecular weight is 773 g/mol. The zero-order valence-corrected chi connectivity index (χ0v) is 36.6. The van der Waals surface area contributed by atoms with Crippen LogP contribution in [0.25, 0.3) is 0 Å². The van der Waals surface area contributed by atoms with Gasteiger partial charge in [0.2, 0.25) is 0 Å². The zero-order valence-electron chi connectivity index (χ0n) is 36.6. The number of hydrogen-bond acceptors (Lipinski definition) is 0. The first-order valence-corrected chi connectivity index (χ1v) is 21.9. The Morgan fingerprint density at radius 2 is 0.525 bits per heavy atom. The van der Waals surface area contributed by atoms with Crippen molar-refractivity contribution < 1.29 is 0 Å². The summed E-state index contributed by atoms with van der Waals surface area (Å²) in [6, 6.07) is 51.0. The molecule has 0 aliphatic heterocycles. The predicted molar refractivity (Wildman–Crippen MR) is 256 cm³/mol. The molecule has 6 aromatic carbocycles. The van der Waals surface area contributed by atoms with Gasteiger partial charge in [-0.3, -0.25) is 0 Å². The van der Waals surface area contributed by atoms with Crippen LogP contribution in [0.1, 0.15) is 139 Å². The van der Waals surface area contributed by atoms with E-state index in [-0.39, 0.29) is 0 Å². The highest BCUT2D eigenvalue weighted by atomic mass is 14.0. The summed E-state index contributed by atoms with van der Waals surface area (Å²) in [5.41, 5.74) is 14.6. The molecule has 0 saturated heterocycles. The van der Waals surface area contributed by atoms with Gasteiger partial charge in [-0.2, -0.15) is 0 Å². The number of rotatable bonds is 11. The Morgan fingerprint density at radius 1 is 0.271 bits per heavy atom. The second kappa shape index (κ2) is 26.8. The van der Waals surface area contributed by atoms with Crippen LogP contribution in [0.5, 0.6) is 0 Å². The number of hydrogen-bond donors (Lipinski definition) is 0. The monoisotopic (exact) mass is 773 g/mol. The lowest BCUT2D eigenvalue weighted by atomic mass is 10.0. The van der Waals surface area contributed by atoms with Gasteiger partial charge >= 0.3 is 0 Å². The van der Waals surface area contributed by atoms with E-state index in [0.717, 1.165) is 46.2 Å². The molecule has 0 N–H and O–H groups in total. The van der Waals surface area contributed by atoms with Crippen molar-refractivity contribution in [2.24, 2.45) is 0 Å². The number of unbranched alkanes of at least 4 members (excludes halogenated alkanes) is 4. The summed E-state index contributed by atoms with van der Waals surface area (Å²) in [6.07, 6.45) is 13.5. The second-order valence-electron chi connectivity index (χ2n) is 15.3. The van der Waals surface area contributed by atoms with E-state index < -0.39 is 0 Å². The van der Waals surface area contributed by atoms with E-state index in [1.54, 1.807) is 0 Å². The fraction of sp³-hybridized carbons (Fsp3) is 0.288. The van der Waals surface area contributed by atoms with Gasteiger partial charge in [-0.1, -0.05) is 179 Å². The molecule has 0 aromatic heterocycles. The molecule has 0 radical (unpaired) electrons. The first kappa shape index (κ1) is 45.7. The van der Waals surface area contributed by atoms with Gasteiger partial charge in [0.25, 0.3) is 0 Å². The summed E-state index contributed by atoms with van der Waals surface area (Å²) in [4.78, 5) is 0. The minimum atomic E-state index is 1.06. The maximum absolute atomic E-state index is 3.28. The summed E-state index contributed by atoms with van der Waals surface area (Å²) in [5.74, 6) is 19.3. The molecule has 300 valence electrons. The third-order valence-electron chi connectivity index (χ3n) is 10.1. The first-order valence-electron chi connectivity index (χ1n) is 21.9. The lowest BCUT2D eigenvalue weighted by molar-refractivity contribution is 0.717. The van der Waals surface area contributed by atoms with Crippen LogP contribution in [-0.2, 0) is 25.7 Å². The van der Waals surface area contributed by atoms with Gasteiger partial charge in [0.1, 0.15) is 0 Å². The van der Waals surface area contributed by atoms with Crippen LogP contribution in [0.4, 0.5) is 0 Å². The Hall–Kier alpha value is -6.00. The van der Waals surface area contributed by atoms with Crippen LogP contribution < -0.4 is 0 Å². The third kappa shape index (κ3) is 18.4. The zero-order chi connectivity index (χ0) is 41.9. The maximum atomic E-state index is 3.28. The van der Waals surface area contributed by atoms with E-state index in [1.165, 1.54) is 91.2 Å². The topological polar surface area (TPSA) is 0 Å². The van der Waals surface area contributed by atoms with Gasteiger partial charge in [0.15, 0.2) is 0 Å². The quantitative estimate of drug-likeness (QED) is 0.0909. The van der Waals surface area contributed by atoms with Gasteiger partial charge in [-0.25, -0.2) is 0 Å². The lowest BCUT2D eigenvalue weighted by Gasteiger charge is -2.01. The fourth-order valence-corrected chi connectivity index (χ4v) is 6.24. The van der Waals surface area contributed by atoms with Gasteiger partial charge in [0.05, 0.1) is 0 Å². The van der Waals surface area contributed by atoms with E-state index in [2.05, 4.69) is 223 Å². The second-order valence-corrected chi connectivity index (χ2v) is 15.3. The first-order chi connectivity index (χ1) is 28.9. The Morgan fingerprint density at radius 3 is 0.780 bits per heavy atom. The minimum Gasteiger partial charge on any atom is -0.0654 e. The Bertz CT molecular complexity index is 2190. The molecule has 0 unspecified atom stereocenters. The van der Waals surface area contributed by atoms with Crippen molar-refractivity contribution in [3.63, 3.8) is 0 Å². The molecule has 0 spiro atoms. The van der Waals surface area contributed by atoms with E-state index in [0.29, 0.717) is 0 Å². The van der Waals surface area contributed by atoms with Gasteiger partial charge in [-0.05, 0) is 147 Å². The van der Waals surface area contributed by atoms with E-state index >= 15 is 0 Å². The van der Waals surface area contributed by atoms with Crippen molar-refractivity contribution in [1.29, 1.82) is 0 Å². The molecule has 0 saturated carbocycles. The van der Waals surface area contributed by atoms with Crippen molar-refractivity contribution in [3.8, 4) is 35.5 Å². The summed E-state index contributed by atoms with van der Waals surface area (Å²) < 4.78 is 0. The van der Waals surface area contributed by atoms with Crippen LogP contribution in [0, 0.1) is 49.4 Å². The van der Waals surface area contributed by atoms with Gasteiger partial charge in [0, 0.05) is 33.4 Å². The molecule has 6 aromatic rings. The van der Waals surface area contributed by atoms with E-state index in [9.17, 15) is 0 Å². The van der Waals surface area contributed by atoms with Crippen LogP contribution in [-0.4, -0.2) is 0 Å². The molecule has 0 heteroatoms. The molecule has 0 atom stereocenters. The lowest BCUT2D eigenvalue weighted by Crippen LogP contribution is -1.86. The average Bonchev–Trinajstić information content (AvgIpc) is 3.27. The molecule has 0 amide bonds. The predicted octanol–water partition coefficient (Wildman–Crippen LogP) is 14.9. The Labute approximate surface area is 358 Å². The SMILES string of the molecule is CCCCCc1ccc(C#Cc2ccc(CCCCC)cc2)cc1.CCCc1ccc(C#Cc2ccc(C)cc2)cc1.CCc1ccc(C#Cc2ccc(C)cc2)cc1. The standard InChI is InChI=1S/C24H30.C18H18.C17H16/c1-3-5-7-9-21-11-15-23(16-12-21)19-20-24-17-13-22(14-18-24)10-8-6-4-2;1-3-4-16-9-11-18(12-10-16)14-13-17-7-5-15(2)6-8-17;1-3-15-8-10-17(11-9-15)13-12-16-6-4-14(2)5-7-16/h11-18H,3-10H2,1-2H3;5-12H,3-4H2,1-2H3;4-11H,3H2,1-2H3. The van der Waals surface area contributed by atoms with Crippen molar-refractivity contribution in [3.05, 3.63) is 212 Å². The highest BCUT2D eigenvalue weighted by Gasteiger charge is 1.96. The molecule has 6 rings (SSSR count). The molecule has 59 heavy (non-hydrogen) atoms. The normalized spacial score (nSPS) is 9.86. The molecular formula is C59H64. The van der Waals surface area contributed by atoms with Gasteiger partial charge < -0.3 is 0 Å². The third-order valence-corrected chi connectivity index (χ3v) is 10.1. The fourth-order valence-electron chi connectivity index (χ4n) is 6.24. The van der Waals surface area contributed by atoms with Crippen LogP contribution in [0.15, 0.2) is 146 Å². The van der Waals surface area contributed by atoms with Crippen LogP contribution in [0.2, 0.25) is 0 Å². The Balaban J connectivity index is 0.000000199. The summed E-state index contributed by atoms with van der Waals surface area (Å²) in [6.45, 7) is 13.0. The van der Waals surface area contributed by atoms with Crippen molar-refractivity contribution in [2.45, 2.75) is 112 Å². The highest BCUT2D eigenvalue weighted by molar-refractivity contribution is 5.46. The summed E-state index contributed by atoms with van der Waals surface area (Å²) in [5, 5.41) is 0. The highest BCUT2D eigenvalue weighted by Crippen LogP contribution is 2.12. The van der Waals surface area contributed by atoms with Crippen LogP contribution >= 0.6 is 0 Å². The summed E-state index contributed by atoms with van der Waals surface area (Å²) in [7, 11) is 0. The Kier molecular flexibility index (Phi) is 20.8. The number of benzene rings is 6. The molecule has 0 heterocycles. The molecule has 0 aliphatic carbocycles. The van der Waals surface area contributed by atoms with E-state index in [1.807, 2.05) is 0 Å². The van der Waals surface area contributed by atoms with Gasteiger partial charge in [-0.15, -0.1) is 0 Å². The maximum Gasteiger partial charge on any atom is 0.0249 e. The largest absolute Gasteiger partial charge is 0.0654 e. The van der Waals surface area contributed by atoms with Crippen molar-refractivity contribution in [1.82, 2.24) is 0 Å². The van der Waals surface area contributed by atoms with Crippen LogP contribution in [0.3, 0.4) is 0 Å². The molecule has 0 aliphatic rings. The van der Waals surface area contributed by atoms with Crippen molar-refractivity contribution in [2.75, 3.05) is 0 Å². The van der Waals surface area contributed by atoms with E-state index in [4.69, 9.17) is 0 Å². The molecule has 0 nitrogen and oxygen atoms in total. The van der Waals surface area contributed by atoms with Crippen molar-refractivity contribution >= 4 is 0 Å². The summed E-state index contributed by atoms with van der Waals surface area (Å²) >= 11 is 0. The molecule has 0 fully saturated rings.